The number of rotatable bonds is 5. The van der Waals surface area contributed by atoms with Gasteiger partial charge in [0.25, 0.3) is 0 Å². The van der Waals surface area contributed by atoms with Crippen molar-refractivity contribution in [3.8, 4) is 0 Å². The summed E-state index contributed by atoms with van der Waals surface area (Å²) in [7, 11) is 0. The number of hydrogen-bond acceptors (Lipinski definition) is 3. The third kappa shape index (κ3) is 4.16. The van der Waals surface area contributed by atoms with Crippen LogP contribution in [0.2, 0.25) is 0 Å². The maximum atomic E-state index is 13.6. The highest BCUT2D eigenvalue weighted by molar-refractivity contribution is 5.39. The quantitative estimate of drug-likeness (QED) is 0.887. The molecule has 2 heterocycles. The van der Waals surface area contributed by atoms with Crippen molar-refractivity contribution in [3.05, 3.63) is 24.1 Å². The van der Waals surface area contributed by atoms with Crippen LogP contribution in [0.1, 0.15) is 26.7 Å². The number of pyridine rings is 1. The van der Waals surface area contributed by atoms with Crippen LogP contribution in [0.3, 0.4) is 0 Å². The Kier molecular flexibility index (Phi) is 5.14. The molecule has 1 aliphatic heterocycles. The standard InChI is InChI=1S/C15H24FN3/c1-12(2)10-17-11-13-5-8-19(9-6-13)15-14(16)4-3-7-18-15/h3-4,7,12-13,17H,5-6,8-11H2,1-2H3. The van der Waals surface area contributed by atoms with Crippen LogP contribution >= 0.6 is 0 Å². The molecular weight excluding hydrogens is 241 g/mol. The molecule has 106 valence electrons. The normalized spacial score (nSPS) is 17.2. The first-order valence-electron chi connectivity index (χ1n) is 7.23. The summed E-state index contributed by atoms with van der Waals surface area (Å²) in [6, 6.07) is 3.13. The van der Waals surface area contributed by atoms with Crippen LogP contribution in [-0.4, -0.2) is 31.2 Å². The average Bonchev–Trinajstić information content (AvgIpc) is 2.40. The second-order valence-electron chi connectivity index (χ2n) is 5.79. The van der Waals surface area contributed by atoms with Gasteiger partial charge in [-0.2, -0.15) is 0 Å². The van der Waals surface area contributed by atoms with Gasteiger partial charge in [-0.25, -0.2) is 9.37 Å². The Hall–Kier alpha value is -1.16. The van der Waals surface area contributed by atoms with E-state index in [9.17, 15) is 4.39 Å². The number of nitrogens with zero attached hydrogens (tertiary/aromatic N) is 2. The number of anilines is 1. The van der Waals surface area contributed by atoms with E-state index in [0.29, 0.717) is 17.7 Å². The average molecular weight is 265 g/mol. The van der Waals surface area contributed by atoms with Crippen molar-refractivity contribution in [1.29, 1.82) is 0 Å². The van der Waals surface area contributed by atoms with Crippen LogP contribution in [0.25, 0.3) is 0 Å². The summed E-state index contributed by atoms with van der Waals surface area (Å²) in [5, 5.41) is 3.51. The zero-order valence-electron chi connectivity index (χ0n) is 11.9. The third-order valence-electron chi connectivity index (χ3n) is 3.64. The van der Waals surface area contributed by atoms with Crippen LogP contribution in [0, 0.1) is 17.7 Å². The van der Waals surface area contributed by atoms with Crippen LogP contribution in [0.5, 0.6) is 0 Å². The summed E-state index contributed by atoms with van der Waals surface area (Å²) < 4.78 is 13.6. The first-order chi connectivity index (χ1) is 9.16. The summed E-state index contributed by atoms with van der Waals surface area (Å²) in [6.07, 6.45) is 3.89. The molecule has 19 heavy (non-hydrogen) atoms. The molecule has 0 bridgehead atoms. The Labute approximate surface area is 115 Å². The van der Waals surface area contributed by atoms with E-state index in [2.05, 4.69) is 29.0 Å². The summed E-state index contributed by atoms with van der Waals surface area (Å²) >= 11 is 0. The zero-order valence-corrected chi connectivity index (χ0v) is 11.9. The Morgan fingerprint density at radius 2 is 2.16 bits per heavy atom. The van der Waals surface area contributed by atoms with E-state index in [0.717, 1.165) is 39.0 Å². The van der Waals surface area contributed by atoms with Gasteiger partial charge in [0.2, 0.25) is 0 Å². The minimum absolute atomic E-state index is 0.209. The maximum Gasteiger partial charge on any atom is 0.165 e. The second-order valence-corrected chi connectivity index (χ2v) is 5.79. The highest BCUT2D eigenvalue weighted by Gasteiger charge is 2.21. The van der Waals surface area contributed by atoms with Gasteiger partial charge in [0.15, 0.2) is 11.6 Å². The van der Waals surface area contributed by atoms with E-state index < -0.39 is 0 Å². The van der Waals surface area contributed by atoms with Crippen molar-refractivity contribution in [2.24, 2.45) is 11.8 Å². The zero-order chi connectivity index (χ0) is 13.7. The van der Waals surface area contributed by atoms with Gasteiger partial charge in [-0.15, -0.1) is 0 Å². The SMILES string of the molecule is CC(C)CNCC1CCN(c2ncccc2F)CC1. The molecule has 0 atom stereocenters. The van der Waals surface area contributed by atoms with Crippen molar-refractivity contribution in [3.63, 3.8) is 0 Å². The topological polar surface area (TPSA) is 28.2 Å². The maximum absolute atomic E-state index is 13.6. The smallest absolute Gasteiger partial charge is 0.165 e. The van der Waals surface area contributed by atoms with Crippen molar-refractivity contribution in [2.75, 3.05) is 31.1 Å². The molecule has 1 fully saturated rings. The van der Waals surface area contributed by atoms with Crippen molar-refractivity contribution < 1.29 is 4.39 Å². The molecule has 2 rings (SSSR count). The minimum atomic E-state index is -0.209. The Bertz CT molecular complexity index is 387. The highest BCUT2D eigenvalue weighted by atomic mass is 19.1. The molecule has 0 aliphatic carbocycles. The lowest BCUT2D eigenvalue weighted by molar-refractivity contribution is 0.371. The molecule has 0 amide bonds. The molecular formula is C15H24FN3. The molecule has 0 spiro atoms. The second kappa shape index (κ2) is 6.85. The van der Waals surface area contributed by atoms with Gasteiger partial charge in [-0.3, -0.25) is 0 Å². The largest absolute Gasteiger partial charge is 0.354 e. The number of hydrogen-bond donors (Lipinski definition) is 1. The van der Waals surface area contributed by atoms with Crippen molar-refractivity contribution >= 4 is 5.82 Å². The molecule has 0 radical (unpaired) electrons. The molecule has 1 N–H and O–H groups in total. The Morgan fingerprint density at radius 3 is 2.79 bits per heavy atom. The van der Waals surface area contributed by atoms with E-state index in [1.54, 1.807) is 12.3 Å². The van der Waals surface area contributed by atoms with Gasteiger partial charge in [0, 0.05) is 19.3 Å². The number of nitrogens with one attached hydrogen (secondary N) is 1. The van der Waals surface area contributed by atoms with Gasteiger partial charge >= 0.3 is 0 Å². The molecule has 1 aromatic rings. The molecule has 1 saturated heterocycles. The monoisotopic (exact) mass is 265 g/mol. The fraction of sp³-hybridized carbons (Fsp3) is 0.667. The summed E-state index contributed by atoms with van der Waals surface area (Å²) in [6.45, 7) is 8.41. The molecule has 0 unspecified atom stereocenters. The third-order valence-corrected chi connectivity index (χ3v) is 3.64. The summed E-state index contributed by atoms with van der Waals surface area (Å²) in [5.41, 5.74) is 0. The Balaban J connectivity index is 1.78. The molecule has 1 aromatic heterocycles. The fourth-order valence-electron chi connectivity index (χ4n) is 2.54. The fourth-order valence-corrected chi connectivity index (χ4v) is 2.54. The Morgan fingerprint density at radius 1 is 1.42 bits per heavy atom. The van der Waals surface area contributed by atoms with E-state index in [1.165, 1.54) is 6.07 Å². The first kappa shape index (κ1) is 14.3. The highest BCUT2D eigenvalue weighted by Crippen LogP contribution is 2.23. The summed E-state index contributed by atoms with van der Waals surface area (Å²) in [5.74, 6) is 1.71. The van der Waals surface area contributed by atoms with Crippen LogP contribution in [0.15, 0.2) is 18.3 Å². The van der Waals surface area contributed by atoms with Crippen LogP contribution in [-0.2, 0) is 0 Å². The number of aromatic nitrogens is 1. The van der Waals surface area contributed by atoms with E-state index >= 15 is 0 Å². The van der Waals surface area contributed by atoms with E-state index in [-0.39, 0.29) is 5.82 Å². The van der Waals surface area contributed by atoms with Gasteiger partial charge in [0.1, 0.15) is 0 Å². The van der Waals surface area contributed by atoms with Gasteiger partial charge in [0.05, 0.1) is 0 Å². The van der Waals surface area contributed by atoms with Gasteiger partial charge in [-0.05, 0) is 49.9 Å². The lowest BCUT2D eigenvalue weighted by Crippen LogP contribution is -2.38. The van der Waals surface area contributed by atoms with Crippen molar-refractivity contribution in [2.45, 2.75) is 26.7 Å². The molecule has 0 aromatic carbocycles. The van der Waals surface area contributed by atoms with Crippen LogP contribution < -0.4 is 10.2 Å². The lowest BCUT2D eigenvalue weighted by atomic mass is 9.96. The minimum Gasteiger partial charge on any atom is -0.354 e. The number of piperidine rings is 1. The van der Waals surface area contributed by atoms with Crippen molar-refractivity contribution in [1.82, 2.24) is 10.3 Å². The van der Waals surface area contributed by atoms with Crippen LogP contribution in [0.4, 0.5) is 10.2 Å². The predicted octanol–water partition coefficient (Wildman–Crippen LogP) is 2.68. The molecule has 4 heteroatoms. The summed E-state index contributed by atoms with van der Waals surface area (Å²) in [4.78, 5) is 6.21. The molecule has 3 nitrogen and oxygen atoms in total. The predicted molar refractivity (Wildman–Crippen MR) is 76.8 cm³/mol. The lowest BCUT2D eigenvalue weighted by Gasteiger charge is -2.33. The van der Waals surface area contributed by atoms with Gasteiger partial charge < -0.3 is 10.2 Å². The first-order valence-corrected chi connectivity index (χ1v) is 7.23. The van der Waals surface area contributed by atoms with E-state index in [1.807, 2.05) is 0 Å². The molecule has 0 saturated carbocycles. The van der Waals surface area contributed by atoms with E-state index in [4.69, 9.17) is 0 Å². The van der Waals surface area contributed by atoms with Gasteiger partial charge in [-0.1, -0.05) is 13.8 Å². The molecule has 1 aliphatic rings. The number of halogens is 1.